The van der Waals surface area contributed by atoms with Crippen molar-refractivity contribution in [2.24, 2.45) is 16.2 Å². The van der Waals surface area contributed by atoms with Crippen molar-refractivity contribution >= 4 is 11.8 Å². The highest BCUT2D eigenvalue weighted by atomic mass is 32.2. The van der Waals surface area contributed by atoms with Crippen LogP contribution in [0.4, 0.5) is 0 Å². The lowest BCUT2D eigenvalue weighted by Crippen LogP contribution is -2.57. The molecule has 0 bridgehead atoms. The summed E-state index contributed by atoms with van der Waals surface area (Å²) in [6.45, 7) is 28.5. The number of thioether (sulfide) groups is 1. The van der Waals surface area contributed by atoms with E-state index in [1.807, 2.05) is 0 Å². The SMILES string of the molecule is CC(C)(C)C1=C(C(C)(C)C)N(C(C)(C)C)C(C(C)(C)C)CS1. The van der Waals surface area contributed by atoms with Gasteiger partial charge in [0.2, 0.25) is 0 Å². The maximum atomic E-state index is 2.75. The van der Waals surface area contributed by atoms with Crippen LogP contribution in [0.25, 0.3) is 0 Å². The van der Waals surface area contributed by atoms with E-state index in [9.17, 15) is 0 Å². The molecule has 0 aromatic carbocycles. The van der Waals surface area contributed by atoms with Gasteiger partial charge in [-0.15, -0.1) is 11.8 Å². The minimum absolute atomic E-state index is 0.137. The summed E-state index contributed by atoms with van der Waals surface area (Å²) in [6, 6.07) is 0.567. The van der Waals surface area contributed by atoms with Crippen LogP contribution in [0, 0.1) is 16.2 Å². The molecule has 22 heavy (non-hydrogen) atoms. The maximum Gasteiger partial charge on any atom is 0.0435 e. The summed E-state index contributed by atoms with van der Waals surface area (Å²) in [5.41, 5.74) is 2.34. The molecule has 0 spiro atoms. The van der Waals surface area contributed by atoms with E-state index in [2.05, 4.69) is 99.7 Å². The zero-order valence-corrected chi connectivity index (χ0v) is 18.0. The largest absolute Gasteiger partial charge is 0.365 e. The summed E-state index contributed by atoms with van der Waals surface area (Å²) >= 11 is 2.10. The van der Waals surface area contributed by atoms with Gasteiger partial charge in [0, 0.05) is 33.4 Å². The number of rotatable bonds is 0. The molecule has 0 radical (unpaired) electrons. The third-order valence-electron chi connectivity index (χ3n) is 4.27. The Labute approximate surface area is 144 Å². The van der Waals surface area contributed by atoms with E-state index in [4.69, 9.17) is 0 Å². The molecule has 2 heteroatoms. The molecule has 0 fully saturated rings. The van der Waals surface area contributed by atoms with Gasteiger partial charge < -0.3 is 4.90 Å². The Morgan fingerprint density at radius 1 is 0.773 bits per heavy atom. The van der Waals surface area contributed by atoms with Crippen molar-refractivity contribution in [3.8, 4) is 0 Å². The molecule has 1 rings (SSSR count). The van der Waals surface area contributed by atoms with Crippen LogP contribution in [0.1, 0.15) is 83.1 Å². The first-order valence-electron chi connectivity index (χ1n) is 8.65. The molecule has 1 aliphatic heterocycles. The monoisotopic (exact) mass is 325 g/mol. The first-order chi connectivity index (χ1) is 9.47. The molecule has 1 atom stereocenters. The molecule has 0 saturated heterocycles. The van der Waals surface area contributed by atoms with Crippen LogP contribution in [-0.4, -0.2) is 22.2 Å². The third-order valence-corrected chi connectivity index (χ3v) is 5.84. The zero-order valence-electron chi connectivity index (χ0n) is 17.1. The van der Waals surface area contributed by atoms with Crippen LogP contribution >= 0.6 is 11.8 Å². The summed E-state index contributed by atoms with van der Waals surface area (Å²) in [7, 11) is 0. The third kappa shape index (κ3) is 4.24. The fourth-order valence-corrected chi connectivity index (χ4v) is 5.23. The maximum absolute atomic E-state index is 2.75. The molecule has 1 heterocycles. The van der Waals surface area contributed by atoms with Gasteiger partial charge in [0.25, 0.3) is 0 Å². The van der Waals surface area contributed by atoms with Crippen molar-refractivity contribution in [1.82, 2.24) is 4.90 Å². The average molecular weight is 326 g/mol. The van der Waals surface area contributed by atoms with Gasteiger partial charge in [-0.3, -0.25) is 0 Å². The normalized spacial score (nSPS) is 22.4. The highest BCUT2D eigenvalue weighted by molar-refractivity contribution is 8.03. The second kappa shape index (κ2) is 5.76. The number of hydrogen-bond donors (Lipinski definition) is 0. The van der Waals surface area contributed by atoms with Crippen LogP contribution in [0.15, 0.2) is 10.6 Å². The van der Waals surface area contributed by atoms with Crippen molar-refractivity contribution in [2.45, 2.75) is 94.7 Å². The zero-order chi connectivity index (χ0) is 17.7. The lowest BCUT2D eigenvalue weighted by Gasteiger charge is -2.56. The van der Waals surface area contributed by atoms with Gasteiger partial charge in [-0.05, 0) is 31.6 Å². The summed E-state index contributed by atoms with van der Waals surface area (Å²) in [5.74, 6) is 1.19. The van der Waals surface area contributed by atoms with Crippen LogP contribution in [0.5, 0.6) is 0 Å². The van der Waals surface area contributed by atoms with E-state index < -0.39 is 0 Å². The molecule has 1 unspecified atom stereocenters. The predicted molar refractivity (Wildman–Crippen MR) is 103 cm³/mol. The van der Waals surface area contributed by atoms with E-state index in [1.54, 1.807) is 10.6 Å². The second-order valence-corrected chi connectivity index (χ2v) is 11.9. The Kier molecular flexibility index (Phi) is 5.22. The molecule has 0 saturated carbocycles. The first-order valence-corrected chi connectivity index (χ1v) is 9.63. The van der Waals surface area contributed by atoms with Gasteiger partial charge >= 0.3 is 0 Å². The molecule has 0 aromatic rings. The van der Waals surface area contributed by atoms with Crippen LogP contribution in [0.3, 0.4) is 0 Å². The smallest absolute Gasteiger partial charge is 0.0435 e. The fraction of sp³-hybridized carbons (Fsp3) is 0.900. The van der Waals surface area contributed by atoms with E-state index >= 15 is 0 Å². The Morgan fingerprint density at radius 3 is 1.50 bits per heavy atom. The minimum atomic E-state index is 0.137. The summed E-state index contributed by atoms with van der Waals surface area (Å²) in [5, 5.41) is 0. The van der Waals surface area contributed by atoms with Crippen molar-refractivity contribution in [1.29, 1.82) is 0 Å². The molecular weight excluding hydrogens is 286 g/mol. The molecule has 1 nitrogen and oxygen atoms in total. The van der Waals surface area contributed by atoms with Gasteiger partial charge in [-0.1, -0.05) is 62.3 Å². The van der Waals surface area contributed by atoms with Crippen molar-refractivity contribution in [2.75, 3.05) is 5.75 Å². The molecule has 0 N–H and O–H groups in total. The highest BCUT2D eigenvalue weighted by Gasteiger charge is 2.46. The fourth-order valence-electron chi connectivity index (χ4n) is 3.28. The van der Waals surface area contributed by atoms with Gasteiger partial charge in [-0.25, -0.2) is 0 Å². The molecule has 0 aliphatic carbocycles. The lowest BCUT2D eigenvalue weighted by atomic mass is 9.78. The highest BCUT2D eigenvalue weighted by Crippen LogP contribution is 2.52. The summed E-state index contributed by atoms with van der Waals surface area (Å²) in [6.07, 6.45) is 0. The Balaban J connectivity index is 3.65. The van der Waals surface area contributed by atoms with Crippen LogP contribution in [-0.2, 0) is 0 Å². The molecule has 0 aromatic heterocycles. The minimum Gasteiger partial charge on any atom is -0.365 e. The Bertz CT molecular complexity index is 432. The van der Waals surface area contributed by atoms with Crippen LogP contribution < -0.4 is 0 Å². The van der Waals surface area contributed by atoms with Crippen LogP contribution in [0.2, 0.25) is 0 Å². The Hall–Kier alpha value is -0.110. The van der Waals surface area contributed by atoms with E-state index in [-0.39, 0.29) is 21.8 Å². The predicted octanol–water partition coefficient (Wildman–Crippen LogP) is 6.55. The van der Waals surface area contributed by atoms with E-state index in [1.165, 1.54) is 5.75 Å². The van der Waals surface area contributed by atoms with E-state index in [0.29, 0.717) is 6.04 Å². The first kappa shape index (κ1) is 19.9. The second-order valence-electron chi connectivity index (χ2n) is 10.9. The van der Waals surface area contributed by atoms with Crippen molar-refractivity contribution in [3.05, 3.63) is 10.6 Å². The molecule has 1 aliphatic rings. The topological polar surface area (TPSA) is 3.24 Å². The molecular formula is C20H39NS. The summed E-state index contributed by atoms with van der Waals surface area (Å²) in [4.78, 5) is 4.33. The van der Waals surface area contributed by atoms with Crippen molar-refractivity contribution in [3.63, 3.8) is 0 Å². The average Bonchev–Trinajstić information content (AvgIpc) is 2.22. The molecule has 130 valence electrons. The van der Waals surface area contributed by atoms with Gasteiger partial charge in [0.1, 0.15) is 0 Å². The van der Waals surface area contributed by atoms with Gasteiger partial charge in [0.15, 0.2) is 0 Å². The van der Waals surface area contributed by atoms with Gasteiger partial charge in [0.05, 0.1) is 0 Å². The number of hydrogen-bond acceptors (Lipinski definition) is 2. The summed E-state index contributed by atoms with van der Waals surface area (Å²) < 4.78 is 0. The number of allylic oxidation sites excluding steroid dienone is 2. The quantitative estimate of drug-likeness (QED) is 0.496. The van der Waals surface area contributed by atoms with Gasteiger partial charge in [-0.2, -0.15) is 0 Å². The van der Waals surface area contributed by atoms with Crippen molar-refractivity contribution < 1.29 is 0 Å². The lowest BCUT2D eigenvalue weighted by molar-refractivity contribution is 0.0444. The van der Waals surface area contributed by atoms with E-state index in [0.717, 1.165) is 0 Å². The molecule has 0 amide bonds. The standard InChI is InChI=1S/C20H39NS/c1-17(2,3)14-13-22-16(19(7,8)9)15(18(4,5)6)21(14)20(10,11)12/h14H,13H2,1-12H3. The number of nitrogens with zero attached hydrogens (tertiary/aromatic N) is 1. The Morgan fingerprint density at radius 2 is 1.23 bits per heavy atom.